The number of amides is 1. The van der Waals surface area contributed by atoms with Crippen LogP contribution < -0.4 is 0 Å². The molecule has 1 aromatic heterocycles. The van der Waals surface area contributed by atoms with Crippen LogP contribution in [-0.2, 0) is 17.8 Å². The van der Waals surface area contributed by atoms with Gasteiger partial charge in [-0.3, -0.25) is 9.89 Å². The van der Waals surface area contributed by atoms with Crippen molar-refractivity contribution in [1.29, 1.82) is 0 Å². The average molecular weight is 369 g/mol. The van der Waals surface area contributed by atoms with Crippen molar-refractivity contribution in [3.05, 3.63) is 40.5 Å². The zero-order valence-electron chi connectivity index (χ0n) is 11.4. The summed E-state index contributed by atoms with van der Waals surface area (Å²) in [7, 11) is 0. The van der Waals surface area contributed by atoms with Crippen LogP contribution in [0.1, 0.15) is 17.7 Å². The molecule has 0 atom stereocenters. The molecular formula is C15H15BrClN3O. The summed E-state index contributed by atoms with van der Waals surface area (Å²) in [6.07, 6.45) is 1.34. The topological polar surface area (TPSA) is 49.0 Å². The molecule has 0 aliphatic carbocycles. The Labute approximate surface area is 136 Å². The van der Waals surface area contributed by atoms with Gasteiger partial charge in [0, 0.05) is 53.1 Å². The summed E-state index contributed by atoms with van der Waals surface area (Å²) in [4.78, 5) is 14.0. The van der Waals surface area contributed by atoms with Crippen molar-refractivity contribution in [2.45, 2.75) is 19.4 Å². The highest BCUT2D eigenvalue weighted by atomic mass is 79.9. The lowest BCUT2D eigenvalue weighted by molar-refractivity contribution is -0.131. The number of aromatic amines is 1. The van der Waals surface area contributed by atoms with Gasteiger partial charge in [-0.1, -0.05) is 39.7 Å². The number of hydrogen-bond acceptors (Lipinski definition) is 2. The molecule has 0 bridgehead atoms. The van der Waals surface area contributed by atoms with E-state index in [1.165, 1.54) is 0 Å². The minimum atomic E-state index is 0.177. The van der Waals surface area contributed by atoms with E-state index < -0.39 is 0 Å². The van der Waals surface area contributed by atoms with Crippen LogP contribution in [0, 0.1) is 0 Å². The van der Waals surface area contributed by atoms with Gasteiger partial charge in [0.25, 0.3) is 0 Å². The molecule has 1 aromatic carbocycles. The zero-order valence-corrected chi connectivity index (χ0v) is 13.7. The van der Waals surface area contributed by atoms with Gasteiger partial charge in [0.15, 0.2) is 0 Å². The van der Waals surface area contributed by atoms with Gasteiger partial charge in [0.05, 0.1) is 5.69 Å². The number of hydrogen-bond donors (Lipinski definition) is 1. The Morgan fingerprint density at radius 3 is 3.10 bits per heavy atom. The Morgan fingerprint density at radius 1 is 1.48 bits per heavy atom. The molecule has 6 heteroatoms. The van der Waals surface area contributed by atoms with E-state index in [0.717, 1.165) is 35.5 Å². The fraction of sp³-hybridized carbons (Fsp3) is 0.333. The minimum Gasteiger partial charge on any atom is -0.338 e. The number of nitrogens with zero attached hydrogens (tertiary/aromatic N) is 2. The van der Waals surface area contributed by atoms with Crippen molar-refractivity contribution in [2.75, 3.05) is 11.9 Å². The predicted octanol–water partition coefficient (Wildman–Crippen LogP) is 3.40. The van der Waals surface area contributed by atoms with E-state index in [4.69, 9.17) is 11.6 Å². The van der Waals surface area contributed by atoms with E-state index >= 15 is 0 Å². The van der Waals surface area contributed by atoms with E-state index in [1.54, 1.807) is 0 Å². The van der Waals surface area contributed by atoms with Crippen molar-refractivity contribution in [1.82, 2.24) is 15.1 Å². The molecule has 0 saturated heterocycles. The number of rotatable bonds is 3. The molecule has 1 amide bonds. The minimum absolute atomic E-state index is 0.177. The first-order valence-corrected chi connectivity index (χ1v) is 8.35. The van der Waals surface area contributed by atoms with E-state index in [-0.39, 0.29) is 5.91 Å². The lowest BCUT2D eigenvalue weighted by Gasteiger charge is -2.27. The maximum absolute atomic E-state index is 12.1. The molecule has 2 aromatic rings. The van der Waals surface area contributed by atoms with Gasteiger partial charge in [-0.2, -0.15) is 5.10 Å². The van der Waals surface area contributed by atoms with Gasteiger partial charge in [0.2, 0.25) is 5.91 Å². The summed E-state index contributed by atoms with van der Waals surface area (Å²) in [5, 5.41) is 8.90. The number of fused-ring (bicyclic) bond motifs is 1. The Bertz CT molecular complexity index is 671. The van der Waals surface area contributed by atoms with Gasteiger partial charge in [-0.15, -0.1) is 0 Å². The molecular weight excluding hydrogens is 354 g/mol. The molecule has 1 aliphatic heterocycles. The Morgan fingerprint density at radius 2 is 2.33 bits per heavy atom. The number of alkyl halides is 1. The van der Waals surface area contributed by atoms with Crippen LogP contribution in [0.2, 0.25) is 5.02 Å². The molecule has 0 saturated carbocycles. The second kappa shape index (κ2) is 6.20. The molecule has 0 fully saturated rings. The third-order valence-electron chi connectivity index (χ3n) is 3.69. The zero-order chi connectivity index (χ0) is 14.8. The number of H-pyrrole nitrogens is 1. The lowest BCUT2D eigenvalue weighted by atomic mass is 10.0. The normalized spacial score (nSPS) is 14.1. The molecule has 110 valence electrons. The first-order valence-electron chi connectivity index (χ1n) is 6.85. The highest BCUT2D eigenvalue weighted by Crippen LogP contribution is 2.29. The Hall–Kier alpha value is -1.33. The smallest absolute Gasteiger partial charge is 0.223 e. The van der Waals surface area contributed by atoms with Crippen molar-refractivity contribution in [3.8, 4) is 11.3 Å². The number of carbonyl (C=O) groups is 1. The average Bonchev–Trinajstić information content (AvgIpc) is 2.90. The van der Waals surface area contributed by atoms with E-state index in [2.05, 4.69) is 26.1 Å². The second-order valence-electron chi connectivity index (χ2n) is 5.04. The maximum Gasteiger partial charge on any atom is 0.223 e. The van der Waals surface area contributed by atoms with Crippen molar-refractivity contribution in [3.63, 3.8) is 0 Å². The number of benzene rings is 1. The van der Waals surface area contributed by atoms with Crippen LogP contribution in [-0.4, -0.2) is 32.9 Å². The highest BCUT2D eigenvalue weighted by Gasteiger charge is 2.25. The molecule has 1 N–H and O–H groups in total. The number of carbonyl (C=O) groups excluding carboxylic acids is 1. The van der Waals surface area contributed by atoms with Gasteiger partial charge < -0.3 is 4.90 Å². The van der Waals surface area contributed by atoms with Crippen LogP contribution >= 0.6 is 27.5 Å². The molecule has 0 unspecified atom stereocenters. The summed E-state index contributed by atoms with van der Waals surface area (Å²) in [5.74, 6) is 0.177. The first kappa shape index (κ1) is 14.6. The summed E-state index contributed by atoms with van der Waals surface area (Å²) in [6, 6.07) is 7.64. The van der Waals surface area contributed by atoms with Crippen molar-refractivity contribution in [2.24, 2.45) is 0 Å². The van der Waals surface area contributed by atoms with E-state index in [0.29, 0.717) is 23.3 Å². The molecule has 0 spiro atoms. The van der Waals surface area contributed by atoms with Crippen molar-refractivity contribution >= 4 is 33.4 Å². The third-order valence-corrected chi connectivity index (χ3v) is 4.32. The maximum atomic E-state index is 12.1. The van der Waals surface area contributed by atoms with Gasteiger partial charge >= 0.3 is 0 Å². The summed E-state index contributed by atoms with van der Waals surface area (Å²) >= 11 is 9.38. The SMILES string of the molecule is O=C(CCBr)N1CCc2[nH]nc(-c3cccc(Cl)c3)c2C1. The highest BCUT2D eigenvalue weighted by molar-refractivity contribution is 9.09. The quantitative estimate of drug-likeness (QED) is 0.844. The molecule has 1 aliphatic rings. The fourth-order valence-electron chi connectivity index (χ4n) is 2.62. The summed E-state index contributed by atoms with van der Waals surface area (Å²) in [5.41, 5.74) is 4.10. The monoisotopic (exact) mass is 367 g/mol. The molecule has 2 heterocycles. The molecule has 21 heavy (non-hydrogen) atoms. The Kier molecular flexibility index (Phi) is 4.31. The van der Waals surface area contributed by atoms with E-state index in [9.17, 15) is 4.79 Å². The number of nitrogens with one attached hydrogen (secondary N) is 1. The standard InChI is InChI=1S/C15H15BrClN3O/c16-6-4-14(21)20-7-5-13-12(9-20)15(19-18-13)10-2-1-3-11(17)8-10/h1-3,8H,4-7,9H2,(H,18,19). The molecule has 4 nitrogen and oxygen atoms in total. The first-order chi connectivity index (χ1) is 10.2. The summed E-state index contributed by atoms with van der Waals surface area (Å²) < 4.78 is 0. The van der Waals surface area contributed by atoms with Crippen LogP contribution in [0.5, 0.6) is 0 Å². The van der Waals surface area contributed by atoms with Gasteiger partial charge in [-0.05, 0) is 12.1 Å². The fourth-order valence-corrected chi connectivity index (χ4v) is 3.15. The van der Waals surface area contributed by atoms with E-state index in [1.807, 2.05) is 29.2 Å². The van der Waals surface area contributed by atoms with Crippen LogP contribution in [0.15, 0.2) is 24.3 Å². The third kappa shape index (κ3) is 2.99. The predicted molar refractivity (Wildman–Crippen MR) is 86.6 cm³/mol. The largest absolute Gasteiger partial charge is 0.338 e. The Balaban J connectivity index is 1.91. The second-order valence-corrected chi connectivity index (χ2v) is 6.27. The van der Waals surface area contributed by atoms with Gasteiger partial charge in [0.1, 0.15) is 0 Å². The van der Waals surface area contributed by atoms with Crippen LogP contribution in [0.3, 0.4) is 0 Å². The molecule has 3 rings (SSSR count). The van der Waals surface area contributed by atoms with Crippen molar-refractivity contribution < 1.29 is 4.79 Å². The summed E-state index contributed by atoms with van der Waals surface area (Å²) in [6.45, 7) is 1.36. The lowest BCUT2D eigenvalue weighted by Crippen LogP contribution is -2.35. The molecule has 0 radical (unpaired) electrons. The number of aromatic nitrogens is 2. The van der Waals surface area contributed by atoms with Gasteiger partial charge in [-0.25, -0.2) is 0 Å². The van der Waals surface area contributed by atoms with Crippen LogP contribution in [0.4, 0.5) is 0 Å². The number of halogens is 2. The van der Waals surface area contributed by atoms with Crippen LogP contribution in [0.25, 0.3) is 11.3 Å².